The van der Waals surface area contributed by atoms with E-state index >= 15 is 0 Å². The molecule has 2 unspecified atom stereocenters. The average molecular weight is 279 g/mol. The lowest BCUT2D eigenvalue weighted by molar-refractivity contribution is -0.142. The number of piperidine rings is 1. The molecule has 1 fully saturated rings. The van der Waals surface area contributed by atoms with Gasteiger partial charge in [0.2, 0.25) is 11.9 Å². The van der Waals surface area contributed by atoms with Crippen LogP contribution in [0.3, 0.4) is 0 Å². The number of nitrogens with one attached hydrogen (secondary N) is 1. The van der Waals surface area contributed by atoms with Gasteiger partial charge in [0.25, 0.3) is 0 Å². The Morgan fingerprint density at radius 1 is 1.35 bits per heavy atom. The Kier molecular flexibility index (Phi) is 3.27. The van der Waals surface area contributed by atoms with Gasteiger partial charge in [0.15, 0.2) is 0 Å². The molecule has 2 N–H and O–H groups in total. The summed E-state index contributed by atoms with van der Waals surface area (Å²) in [7, 11) is 0. The third-order valence-corrected chi connectivity index (χ3v) is 4.23. The molecule has 0 amide bonds. The molecule has 2 aliphatic rings. The smallest absolute Gasteiger partial charge is 0.306 e. The molecular formula is C13H21N5O2. The van der Waals surface area contributed by atoms with Crippen molar-refractivity contribution < 1.29 is 9.90 Å². The van der Waals surface area contributed by atoms with Gasteiger partial charge in [0.05, 0.1) is 12.0 Å². The van der Waals surface area contributed by atoms with E-state index in [0.717, 1.165) is 18.3 Å². The van der Waals surface area contributed by atoms with Gasteiger partial charge in [-0.3, -0.25) is 4.79 Å². The Morgan fingerprint density at radius 2 is 2.05 bits per heavy atom. The van der Waals surface area contributed by atoms with E-state index in [9.17, 15) is 4.79 Å². The van der Waals surface area contributed by atoms with Gasteiger partial charge < -0.3 is 15.3 Å². The molecule has 2 aliphatic heterocycles. The van der Waals surface area contributed by atoms with Crippen LogP contribution in [0.1, 0.15) is 39.2 Å². The maximum Gasteiger partial charge on any atom is 0.306 e. The minimum absolute atomic E-state index is 0.222. The molecule has 1 aromatic heterocycles. The monoisotopic (exact) mass is 279 g/mol. The number of carbonyl (C=O) groups is 1. The fraction of sp³-hybridized carbons (Fsp3) is 0.769. The van der Waals surface area contributed by atoms with Crippen LogP contribution in [0.5, 0.6) is 0 Å². The molecule has 0 spiro atoms. The Morgan fingerprint density at radius 3 is 2.70 bits per heavy atom. The van der Waals surface area contributed by atoms with Crippen molar-refractivity contribution in [3.63, 3.8) is 0 Å². The molecule has 0 saturated carbocycles. The zero-order valence-electron chi connectivity index (χ0n) is 11.9. The Labute approximate surface area is 118 Å². The van der Waals surface area contributed by atoms with Gasteiger partial charge in [0.1, 0.15) is 0 Å². The molecule has 0 aromatic carbocycles. The lowest BCUT2D eigenvalue weighted by atomic mass is 9.97. The summed E-state index contributed by atoms with van der Waals surface area (Å²) in [6.07, 6.45) is 2.37. The van der Waals surface area contributed by atoms with Crippen LogP contribution in [0.15, 0.2) is 0 Å². The van der Waals surface area contributed by atoms with E-state index in [-0.39, 0.29) is 5.92 Å². The SMILES string of the molecule is CC1CC(C)n2nc(N3CCC(C(=O)O)CC3)nc2N1. The largest absolute Gasteiger partial charge is 0.481 e. The van der Waals surface area contributed by atoms with Crippen molar-refractivity contribution in [1.29, 1.82) is 0 Å². The first-order valence-electron chi connectivity index (χ1n) is 7.25. The summed E-state index contributed by atoms with van der Waals surface area (Å²) in [5.41, 5.74) is 0. The molecule has 7 nitrogen and oxygen atoms in total. The first-order chi connectivity index (χ1) is 9.54. The van der Waals surface area contributed by atoms with E-state index in [1.54, 1.807) is 0 Å². The fourth-order valence-electron chi connectivity index (χ4n) is 3.07. The quantitative estimate of drug-likeness (QED) is 0.850. The van der Waals surface area contributed by atoms with E-state index in [0.29, 0.717) is 38.0 Å². The third-order valence-electron chi connectivity index (χ3n) is 4.23. The number of nitrogens with zero attached hydrogens (tertiary/aromatic N) is 4. The minimum atomic E-state index is -0.689. The molecule has 110 valence electrons. The third kappa shape index (κ3) is 2.32. The van der Waals surface area contributed by atoms with Crippen LogP contribution >= 0.6 is 0 Å². The lowest BCUT2D eigenvalue weighted by Gasteiger charge is -2.29. The van der Waals surface area contributed by atoms with Crippen LogP contribution in [-0.2, 0) is 4.79 Å². The number of fused-ring (bicyclic) bond motifs is 1. The van der Waals surface area contributed by atoms with E-state index < -0.39 is 5.97 Å². The summed E-state index contributed by atoms with van der Waals surface area (Å²) in [6, 6.07) is 0.756. The molecule has 3 heterocycles. The maximum absolute atomic E-state index is 11.0. The van der Waals surface area contributed by atoms with Gasteiger partial charge in [0, 0.05) is 19.1 Å². The van der Waals surface area contributed by atoms with Crippen molar-refractivity contribution in [1.82, 2.24) is 14.8 Å². The maximum atomic E-state index is 11.0. The fourth-order valence-corrected chi connectivity index (χ4v) is 3.07. The van der Waals surface area contributed by atoms with Crippen molar-refractivity contribution in [2.24, 2.45) is 5.92 Å². The highest BCUT2D eigenvalue weighted by Crippen LogP contribution is 2.28. The Hall–Kier alpha value is -1.79. The number of rotatable bonds is 2. The second kappa shape index (κ2) is 4.96. The highest BCUT2D eigenvalue weighted by Gasteiger charge is 2.29. The topological polar surface area (TPSA) is 83.3 Å². The van der Waals surface area contributed by atoms with Gasteiger partial charge in [-0.05, 0) is 33.1 Å². The van der Waals surface area contributed by atoms with Gasteiger partial charge in [-0.1, -0.05) is 0 Å². The van der Waals surface area contributed by atoms with Crippen LogP contribution in [0, 0.1) is 5.92 Å². The van der Waals surface area contributed by atoms with Crippen molar-refractivity contribution in [2.75, 3.05) is 23.3 Å². The number of carboxylic acids is 1. The highest BCUT2D eigenvalue weighted by molar-refractivity contribution is 5.70. The zero-order chi connectivity index (χ0) is 14.3. The number of aliphatic carboxylic acids is 1. The first-order valence-corrected chi connectivity index (χ1v) is 7.25. The lowest BCUT2D eigenvalue weighted by Crippen LogP contribution is -2.37. The molecule has 20 heavy (non-hydrogen) atoms. The molecule has 1 saturated heterocycles. The normalized spacial score (nSPS) is 27.0. The van der Waals surface area contributed by atoms with Gasteiger partial charge in [-0.25, -0.2) is 4.68 Å². The van der Waals surface area contributed by atoms with Crippen LogP contribution in [0.25, 0.3) is 0 Å². The summed E-state index contributed by atoms with van der Waals surface area (Å²) in [6.45, 7) is 5.72. The standard InChI is InChI=1S/C13H21N5O2/c1-8-7-9(2)18-12(14-8)15-13(16-18)17-5-3-10(4-6-17)11(19)20/h8-10H,3-7H2,1-2H3,(H,19,20)(H,14,15,16). The number of carboxylic acid groups (broad SMARTS) is 1. The number of anilines is 2. The highest BCUT2D eigenvalue weighted by atomic mass is 16.4. The predicted molar refractivity (Wildman–Crippen MR) is 75.0 cm³/mol. The average Bonchev–Trinajstić information content (AvgIpc) is 2.83. The Balaban J connectivity index is 1.73. The number of aromatic nitrogens is 3. The molecule has 7 heteroatoms. The second-order valence-electron chi connectivity index (χ2n) is 5.91. The number of hydrogen-bond acceptors (Lipinski definition) is 5. The van der Waals surface area contributed by atoms with Crippen molar-refractivity contribution >= 4 is 17.9 Å². The van der Waals surface area contributed by atoms with Crippen molar-refractivity contribution in [3.05, 3.63) is 0 Å². The van der Waals surface area contributed by atoms with Crippen LogP contribution in [0.2, 0.25) is 0 Å². The molecule has 1 aromatic rings. The van der Waals surface area contributed by atoms with Gasteiger partial charge >= 0.3 is 5.97 Å². The van der Waals surface area contributed by atoms with E-state index in [1.165, 1.54) is 0 Å². The minimum Gasteiger partial charge on any atom is -0.481 e. The summed E-state index contributed by atoms with van der Waals surface area (Å²) in [5.74, 6) is 0.635. The molecule has 0 bridgehead atoms. The van der Waals surface area contributed by atoms with Gasteiger partial charge in [-0.15, -0.1) is 5.10 Å². The van der Waals surface area contributed by atoms with Crippen LogP contribution < -0.4 is 10.2 Å². The first kappa shape index (κ1) is 13.2. The summed E-state index contributed by atoms with van der Waals surface area (Å²) in [4.78, 5) is 17.6. The van der Waals surface area contributed by atoms with Crippen molar-refractivity contribution in [3.8, 4) is 0 Å². The molecule has 0 aliphatic carbocycles. The van der Waals surface area contributed by atoms with Crippen LogP contribution in [0.4, 0.5) is 11.9 Å². The summed E-state index contributed by atoms with van der Waals surface area (Å²) < 4.78 is 1.94. The predicted octanol–water partition coefficient (Wildman–Crippen LogP) is 1.34. The van der Waals surface area contributed by atoms with Gasteiger partial charge in [-0.2, -0.15) is 4.98 Å². The summed E-state index contributed by atoms with van der Waals surface area (Å²) >= 11 is 0. The molecular weight excluding hydrogens is 258 g/mol. The molecule has 3 rings (SSSR count). The Bertz CT molecular complexity index is 507. The molecule has 2 atom stereocenters. The van der Waals surface area contributed by atoms with E-state index in [4.69, 9.17) is 5.11 Å². The summed E-state index contributed by atoms with van der Waals surface area (Å²) in [5, 5.41) is 17.0. The van der Waals surface area contributed by atoms with E-state index in [2.05, 4.69) is 34.1 Å². The van der Waals surface area contributed by atoms with E-state index in [1.807, 2.05) is 4.68 Å². The second-order valence-corrected chi connectivity index (χ2v) is 5.91. The van der Waals surface area contributed by atoms with Crippen molar-refractivity contribution in [2.45, 2.75) is 45.2 Å². The van der Waals surface area contributed by atoms with Crippen LogP contribution in [-0.4, -0.2) is 45.0 Å². The number of hydrogen-bond donors (Lipinski definition) is 2. The zero-order valence-corrected chi connectivity index (χ0v) is 11.9. The molecule has 0 radical (unpaired) electrons.